The number of ether oxygens (including phenoxy) is 1. The number of guanidine groups is 1. The van der Waals surface area contributed by atoms with E-state index in [1.807, 2.05) is 26.8 Å². The summed E-state index contributed by atoms with van der Waals surface area (Å²) in [5, 5.41) is 6.73. The number of anilines is 1. The number of hydrogen-bond acceptors (Lipinski definition) is 4. The van der Waals surface area contributed by atoms with Crippen LogP contribution in [-0.4, -0.2) is 56.0 Å². The molecule has 28 heavy (non-hydrogen) atoms. The van der Waals surface area contributed by atoms with E-state index >= 15 is 0 Å². The molecule has 1 fully saturated rings. The molecule has 154 valence electrons. The zero-order valence-electron chi connectivity index (χ0n) is 16.9. The van der Waals surface area contributed by atoms with Crippen molar-refractivity contribution in [3.63, 3.8) is 0 Å². The number of nitrogens with one attached hydrogen (secondary N) is 2. The van der Waals surface area contributed by atoms with Crippen molar-refractivity contribution in [1.29, 1.82) is 0 Å². The third-order valence-electron chi connectivity index (χ3n) is 4.89. The summed E-state index contributed by atoms with van der Waals surface area (Å²) < 4.78 is 4.89. The number of hydrogen-bond donors (Lipinski definition) is 2. The summed E-state index contributed by atoms with van der Waals surface area (Å²) in [7, 11) is 1.41. The van der Waals surface area contributed by atoms with Crippen molar-refractivity contribution in [3.05, 3.63) is 28.8 Å². The van der Waals surface area contributed by atoms with E-state index in [1.54, 1.807) is 12.1 Å². The average molecular weight is 409 g/mol. The lowest BCUT2D eigenvalue weighted by Crippen LogP contribution is -2.40. The maximum Gasteiger partial charge on any atom is 0.310 e. The van der Waals surface area contributed by atoms with Crippen molar-refractivity contribution in [2.75, 3.05) is 38.6 Å². The number of aliphatic imine (C=N–C) groups is 1. The summed E-state index contributed by atoms with van der Waals surface area (Å²) in [6.07, 6.45) is 0.255. The first kappa shape index (κ1) is 22.0. The molecule has 1 saturated heterocycles. The number of methoxy groups -OCH3 is 1. The number of benzene rings is 1. The minimum atomic E-state index is -0.192. The van der Waals surface area contributed by atoms with E-state index in [9.17, 15) is 9.59 Å². The third-order valence-corrected chi connectivity index (χ3v) is 5.30. The Morgan fingerprint density at radius 3 is 2.79 bits per heavy atom. The Kier molecular flexibility index (Phi) is 8.11. The minimum absolute atomic E-state index is 0.118. The van der Waals surface area contributed by atoms with Gasteiger partial charge in [0.05, 0.1) is 19.6 Å². The van der Waals surface area contributed by atoms with E-state index < -0.39 is 0 Å². The largest absolute Gasteiger partial charge is 0.469 e. The summed E-state index contributed by atoms with van der Waals surface area (Å²) in [5.74, 6) is 0.426. The first-order valence-electron chi connectivity index (χ1n) is 9.53. The Hall–Kier alpha value is -2.28. The van der Waals surface area contributed by atoms with Gasteiger partial charge < -0.3 is 20.3 Å². The van der Waals surface area contributed by atoms with Crippen LogP contribution in [0.4, 0.5) is 5.69 Å². The second-order valence-corrected chi connectivity index (χ2v) is 7.37. The van der Waals surface area contributed by atoms with Crippen molar-refractivity contribution in [1.82, 2.24) is 10.2 Å². The van der Waals surface area contributed by atoms with Crippen LogP contribution in [0, 0.1) is 18.8 Å². The molecular formula is C20H29ClN4O3. The molecule has 1 aliphatic heterocycles. The normalized spacial score (nSPS) is 19.5. The molecule has 2 unspecified atom stereocenters. The molecule has 1 aromatic carbocycles. The fraction of sp³-hybridized carbons (Fsp3) is 0.550. The highest BCUT2D eigenvalue weighted by atomic mass is 35.5. The molecule has 2 rings (SSSR count). The molecule has 2 N–H and O–H groups in total. The van der Waals surface area contributed by atoms with Crippen LogP contribution in [0.2, 0.25) is 5.02 Å². The van der Waals surface area contributed by atoms with Gasteiger partial charge in [-0.25, -0.2) is 0 Å². The van der Waals surface area contributed by atoms with Gasteiger partial charge in [0.15, 0.2) is 5.96 Å². The number of esters is 1. The highest BCUT2D eigenvalue weighted by Crippen LogP contribution is 2.24. The maximum absolute atomic E-state index is 12.3. The topological polar surface area (TPSA) is 83.0 Å². The molecule has 8 heteroatoms. The van der Waals surface area contributed by atoms with E-state index in [1.165, 1.54) is 7.11 Å². The minimum Gasteiger partial charge on any atom is -0.469 e. The summed E-state index contributed by atoms with van der Waals surface area (Å²) in [6.45, 7) is 8.23. The predicted molar refractivity (Wildman–Crippen MR) is 112 cm³/mol. The van der Waals surface area contributed by atoms with E-state index in [4.69, 9.17) is 16.3 Å². The Bertz CT molecular complexity index is 738. The number of rotatable bonds is 6. The van der Waals surface area contributed by atoms with Crippen LogP contribution in [0.3, 0.4) is 0 Å². The molecule has 1 aromatic rings. The summed E-state index contributed by atoms with van der Waals surface area (Å²) in [4.78, 5) is 30.8. The van der Waals surface area contributed by atoms with Gasteiger partial charge in [0.2, 0.25) is 5.91 Å². The lowest BCUT2D eigenvalue weighted by atomic mass is 9.99. The van der Waals surface area contributed by atoms with Crippen LogP contribution in [0.1, 0.15) is 25.8 Å². The summed E-state index contributed by atoms with van der Waals surface area (Å²) in [6, 6.07) is 5.42. The van der Waals surface area contributed by atoms with Gasteiger partial charge in [0.1, 0.15) is 0 Å². The van der Waals surface area contributed by atoms with Crippen LogP contribution in [0.5, 0.6) is 0 Å². The number of halogens is 1. The molecule has 0 spiro atoms. The Labute approximate surface area is 171 Å². The maximum atomic E-state index is 12.3. The first-order valence-corrected chi connectivity index (χ1v) is 9.91. The first-order chi connectivity index (χ1) is 13.4. The van der Waals surface area contributed by atoms with E-state index in [0.29, 0.717) is 36.3 Å². The molecule has 0 radical (unpaired) electrons. The van der Waals surface area contributed by atoms with Gasteiger partial charge in [-0.3, -0.25) is 14.6 Å². The van der Waals surface area contributed by atoms with Gasteiger partial charge in [-0.15, -0.1) is 0 Å². The Morgan fingerprint density at radius 2 is 2.11 bits per heavy atom. The monoisotopic (exact) mass is 408 g/mol. The van der Waals surface area contributed by atoms with Crippen LogP contribution in [0.25, 0.3) is 0 Å². The second-order valence-electron chi connectivity index (χ2n) is 6.96. The zero-order chi connectivity index (χ0) is 20.7. The van der Waals surface area contributed by atoms with Crippen molar-refractivity contribution >= 4 is 35.1 Å². The molecule has 0 saturated carbocycles. The van der Waals surface area contributed by atoms with Gasteiger partial charge in [-0.05, 0) is 37.5 Å². The van der Waals surface area contributed by atoms with E-state index in [0.717, 1.165) is 12.1 Å². The lowest BCUT2D eigenvalue weighted by molar-refractivity contribution is -0.146. The quantitative estimate of drug-likeness (QED) is 0.429. The van der Waals surface area contributed by atoms with Gasteiger partial charge in [0, 0.05) is 36.8 Å². The predicted octanol–water partition coefficient (Wildman–Crippen LogP) is 2.68. The second kappa shape index (κ2) is 10.3. The number of likely N-dealkylation sites (tertiary alicyclic amines) is 1. The molecule has 7 nitrogen and oxygen atoms in total. The fourth-order valence-electron chi connectivity index (χ4n) is 3.24. The summed E-state index contributed by atoms with van der Waals surface area (Å²) >= 11 is 6.09. The van der Waals surface area contributed by atoms with Crippen LogP contribution in [-0.2, 0) is 14.3 Å². The van der Waals surface area contributed by atoms with Crippen molar-refractivity contribution in [2.24, 2.45) is 16.8 Å². The number of amides is 1. The Balaban J connectivity index is 1.94. The SMILES string of the molecule is CCNC(=NCCC(=O)Nc1cccc(Cl)c1C)N1CC(C)C(C(=O)OC)C1. The highest BCUT2D eigenvalue weighted by Gasteiger charge is 2.36. The van der Waals surface area contributed by atoms with Crippen molar-refractivity contribution < 1.29 is 14.3 Å². The van der Waals surface area contributed by atoms with Crippen LogP contribution >= 0.6 is 11.6 Å². The van der Waals surface area contributed by atoms with Crippen molar-refractivity contribution in [3.8, 4) is 0 Å². The molecular weight excluding hydrogens is 380 g/mol. The molecule has 2 atom stereocenters. The van der Waals surface area contributed by atoms with E-state index in [-0.39, 0.29) is 30.1 Å². The van der Waals surface area contributed by atoms with E-state index in [2.05, 4.69) is 20.5 Å². The van der Waals surface area contributed by atoms with Gasteiger partial charge in [-0.1, -0.05) is 24.6 Å². The zero-order valence-corrected chi connectivity index (χ0v) is 17.7. The van der Waals surface area contributed by atoms with Crippen LogP contribution in [0.15, 0.2) is 23.2 Å². The molecule has 1 heterocycles. The van der Waals surface area contributed by atoms with Gasteiger partial charge >= 0.3 is 5.97 Å². The molecule has 0 bridgehead atoms. The van der Waals surface area contributed by atoms with Crippen molar-refractivity contribution in [2.45, 2.75) is 27.2 Å². The van der Waals surface area contributed by atoms with Gasteiger partial charge in [0.25, 0.3) is 0 Å². The smallest absolute Gasteiger partial charge is 0.310 e. The molecule has 0 aliphatic carbocycles. The fourth-order valence-corrected chi connectivity index (χ4v) is 3.42. The standard InChI is InChI=1S/C20H29ClN4O3/c1-5-22-20(25-11-13(2)15(12-25)19(27)28-4)23-10-9-18(26)24-17-8-6-7-16(21)14(17)3/h6-8,13,15H,5,9-12H2,1-4H3,(H,22,23)(H,24,26). The lowest BCUT2D eigenvalue weighted by Gasteiger charge is -2.21. The number of carbonyl (C=O) groups is 2. The summed E-state index contributed by atoms with van der Waals surface area (Å²) in [5.41, 5.74) is 1.55. The number of carbonyl (C=O) groups excluding carboxylic acids is 2. The molecule has 1 aliphatic rings. The molecule has 0 aromatic heterocycles. The highest BCUT2D eigenvalue weighted by molar-refractivity contribution is 6.31. The van der Waals surface area contributed by atoms with Gasteiger partial charge in [-0.2, -0.15) is 0 Å². The third kappa shape index (κ3) is 5.61. The molecule has 1 amide bonds. The Morgan fingerprint density at radius 1 is 1.36 bits per heavy atom. The van der Waals surface area contributed by atoms with Crippen LogP contribution < -0.4 is 10.6 Å². The average Bonchev–Trinajstić information content (AvgIpc) is 3.05. The number of nitrogens with zero attached hydrogens (tertiary/aromatic N) is 2.